The van der Waals surface area contributed by atoms with Crippen LogP contribution in [0.4, 0.5) is 18.9 Å². The van der Waals surface area contributed by atoms with E-state index in [1.807, 2.05) is 6.07 Å². The number of pyridine rings is 1. The van der Waals surface area contributed by atoms with Crippen LogP contribution in [0.3, 0.4) is 0 Å². The van der Waals surface area contributed by atoms with Crippen LogP contribution < -0.4 is 10.5 Å². The molecule has 20 heavy (non-hydrogen) atoms. The second-order valence-corrected chi connectivity index (χ2v) is 3.85. The zero-order chi connectivity index (χ0) is 14.8. The SMILES string of the molecule is N#Cc1cccc(Oc2cc(C(F)(F)F)ncc2N)c1. The summed E-state index contributed by atoms with van der Waals surface area (Å²) in [4.78, 5) is 3.20. The average molecular weight is 279 g/mol. The van der Waals surface area contributed by atoms with Crippen molar-refractivity contribution in [3.63, 3.8) is 0 Å². The molecular weight excluding hydrogens is 271 g/mol. The van der Waals surface area contributed by atoms with E-state index in [9.17, 15) is 13.2 Å². The first-order chi connectivity index (χ1) is 9.40. The fraction of sp³-hybridized carbons (Fsp3) is 0.0769. The molecule has 0 saturated carbocycles. The van der Waals surface area contributed by atoms with Gasteiger partial charge < -0.3 is 10.5 Å². The summed E-state index contributed by atoms with van der Waals surface area (Å²) in [6.07, 6.45) is -3.70. The molecule has 7 heteroatoms. The van der Waals surface area contributed by atoms with Gasteiger partial charge >= 0.3 is 6.18 Å². The number of anilines is 1. The molecule has 1 aromatic heterocycles. The smallest absolute Gasteiger partial charge is 0.433 e. The van der Waals surface area contributed by atoms with Gasteiger partial charge in [0.2, 0.25) is 0 Å². The molecule has 0 saturated heterocycles. The summed E-state index contributed by atoms with van der Waals surface area (Å²) in [5.41, 5.74) is 4.73. The van der Waals surface area contributed by atoms with Crippen molar-refractivity contribution in [2.45, 2.75) is 6.18 Å². The van der Waals surface area contributed by atoms with Gasteiger partial charge in [0, 0.05) is 6.07 Å². The highest BCUT2D eigenvalue weighted by Gasteiger charge is 2.33. The first-order valence-corrected chi connectivity index (χ1v) is 5.41. The zero-order valence-corrected chi connectivity index (χ0v) is 9.98. The van der Waals surface area contributed by atoms with E-state index in [1.54, 1.807) is 12.1 Å². The Bertz CT molecular complexity index is 677. The van der Waals surface area contributed by atoms with Crippen LogP contribution >= 0.6 is 0 Å². The molecule has 2 N–H and O–H groups in total. The van der Waals surface area contributed by atoms with E-state index in [-0.39, 0.29) is 17.2 Å². The molecule has 0 fully saturated rings. The van der Waals surface area contributed by atoms with E-state index in [0.717, 1.165) is 6.20 Å². The molecule has 0 bridgehead atoms. The normalized spacial score (nSPS) is 10.9. The van der Waals surface area contributed by atoms with E-state index in [1.165, 1.54) is 12.1 Å². The van der Waals surface area contributed by atoms with E-state index in [2.05, 4.69) is 4.98 Å². The summed E-state index contributed by atoms with van der Waals surface area (Å²) in [6, 6.07) is 8.62. The monoisotopic (exact) mass is 279 g/mol. The maximum absolute atomic E-state index is 12.6. The van der Waals surface area contributed by atoms with Crippen molar-refractivity contribution >= 4 is 5.69 Å². The number of ether oxygens (including phenoxy) is 1. The molecule has 1 aromatic carbocycles. The Morgan fingerprint density at radius 3 is 2.65 bits per heavy atom. The van der Waals surface area contributed by atoms with Crippen LogP contribution in [0, 0.1) is 11.3 Å². The molecule has 0 spiro atoms. The fourth-order valence-corrected chi connectivity index (χ4v) is 1.45. The second kappa shape index (κ2) is 5.09. The van der Waals surface area contributed by atoms with Gasteiger partial charge in [0.25, 0.3) is 0 Å². The van der Waals surface area contributed by atoms with Crippen LogP contribution in [0.1, 0.15) is 11.3 Å². The van der Waals surface area contributed by atoms with Crippen molar-refractivity contribution in [1.29, 1.82) is 5.26 Å². The van der Waals surface area contributed by atoms with Gasteiger partial charge in [-0.2, -0.15) is 18.4 Å². The Kier molecular flexibility index (Phi) is 3.48. The molecular formula is C13H8F3N3O. The van der Waals surface area contributed by atoms with Crippen molar-refractivity contribution in [1.82, 2.24) is 4.98 Å². The Morgan fingerprint density at radius 2 is 2.00 bits per heavy atom. The van der Waals surface area contributed by atoms with Gasteiger partial charge in [0.1, 0.15) is 11.4 Å². The lowest BCUT2D eigenvalue weighted by Crippen LogP contribution is -2.08. The minimum absolute atomic E-state index is 0.0274. The number of rotatable bonds is 2. The number of benzene rings is 1. The molecule has 0 aliphatic heterocycles. The summed E-state index contributed by atoms with van der Waals surface area (Å²) >= 11 is 0. The number of nitriles is 1. The van der Waals surface area contributed by atoms with Gasteiger partial charge in [-0.25, -0.2) is 4.98 Å². The Morgan fingerprint density at radius 1 is 1.25 bits per heavy atom. The molecule has 2 rings (SSSR count). The lowest BCUT2D eigenvalue weighted by molar-refractivity contribution is -0.141. The lowest BCUT2D eigenvalue weighted by Gasteiger charge is -2.11. The Hall–Kier alpha value is -2.75. The molecule has 102 valence electrons. The number of hydrogen-bond acceptors (Lipinski definition) is 4. The van der Waals surface area contributed by atoms with Crippen LogP contribution in [-0.2, 0) is 6.18 Å². The number of alkyl halides is 3. The minimum atomic E-state index is -4.58. The molecule has 4 nitrogen and oxygen atoms in total. The van der Waals surface area contributed by atoms with Gasteiger partial charge in [-0.1, -0.05) is 6.07 Å². The summed E-state index contributed by atoms with van der Waals surface area (Å²) in [5.74, 6) is 0.0532. The summed E-state index contributed by atoms with van der Waals surface area (Å²) in [7, 11) is 0. The molecule has 0 aliphatic rings. The average Bonchev–Trinajstić information content (AvgIpc) is 2.40. The summed E-state index contributed by atoms with van der Waals surface area (Å²) in [6.45, 7) is 0. The number of halogens is 3. The van der Waals surface area contributed by atoms with Crippen LogP contribution in [0.5, 0.6) is 11.5 Å². The highest BCUT2D eigenvalue weighted by Crippen LogP contribution is 2.34. The molecule has 0 radical (unpaired) electrons. The topological polar surface area (TPSA) is 71.9 Å². The summed E-state index contributed by atoms with van der Waals surface area (Å²) in [5, 5.41) is 8.74. The predicted molar refractivity (Wildman–Crippen MR) is 64.9 cm³/mol. The third-order valence-corrected chi connectivity index (χ3v) is 2.38. The first kappa shape index (κ1) is 13.7. The first-order valence-electron chi connectivity index (χ1n) is 5.41. The van der Waals surface area contributed by atoms with Gasteiger partial charge in [-0.15, -0.1) is 0 Å². The van der Waals surface area contributed by atoms with Crippen molar-refractivity contribution < 1.29 is 17.9 Å². The van der Waals surface area contributed by atoms with Crippen molar-refractivity contribution in [2.75, 3.05) is 5.73 Å². The third-order valence-electron chi connectivity index (χ3n) is 2.38. The number of nitrogens with zero attached hydrogens (tertiary/aromatic N) is 2. The number of nitrogen functional groups attached to an aromatic ring is 1. The Balaban J connectivity index is 2.35. The summed E-state index contributed by atoms with van der Waals surface area (Å²) < 4.78 is 42.9. The minimum Gasteiger partial charge on any atom is -0.455 e. The standard InChI is InChI=1S/C13H8F3N3O/c14-13(15,16)12-5-11(10(18)7-19-12)20-9-3-1-2-8(4-9)6-17/h1-5,7H,18H2. The number of aromatic nitrogens is 1. The van der Waals surface area contributed by atoms with Crippen LogP contribution in [0.2, 0.25) is 0 Å². The third kappa shape index (κ3) is 2.98. The van der Waals surface area contributed by atoms with Crippen LogP contribution in [0.15, 0.2) is 36.5 Å². The fourth-order valence-electron chi connectivity index (χ4n) is 1.45. The number of hydrogen-bond donors (Lipinski definition) is 1. The Labute approximate surface area is 112 Å². The van der Waals surface area contributed by atoms with Crippen molar-refractivity contribution in [2.24, 2.45) is 0 Å². The molecule has 0 atom stereocenters. The van der Waals surface area contributed by atoms with Gasteiger partial charge in [0.15, 0.2) is 5.75 Å². The highest BCUT2D eigenvalue weighted by molar-refractivity contribution is 5.53. The highest BCUT2D eigenvalue weighted by atomic mass is 19.4. The maximum atomic E-state index is 12.6. The molecule has 0 aliphatic carbocycles. The van der Waals surface area contributed by atoms with E-state index < -0.39 is 11.9 Å². The maximum Gasteiger partial charge on any atom is 0.433 e. The van der Waals surface area contributed by atoms with Crippen LogP contribution in [-0.4, -0.2) is 4.98 Å². The lowest BCUT2D eigenvalue weighted by atomic mass is 10.2. The number of nitrogens with two attached hydrogens (primary N) is 1. The second-order valence-electron chi connectivity index (χ2n) is 3.85. The largest absolute Gasteiger partial charge is 0.455 e. The van der Waals surface area contributed by atoms with Crippen LogP contribution in [0.25, 0.3) is 0 Å². The van der Waals surface area contributed by atoms with Crippen molar-refractivity contribution in [3.8, 4) is 17.6 Å². The molecule has 1 heterocycles. The molecule has 0 amide bonds. The molecule has 0 unspecified atom stereocenters. The van der Waals surface area contributed by atoms with Gasteiger partial charge in [-0.3, -0.25) is 0 Å². The van der Waals surface area contributed by atoms with E-state index >= 15 is 0 Å². The van der Waals surface area contributed by atoms with Gasteiger partial charge in [-0.05, 0) is 18.2 Å². The van der Waals surface area contributed by atoms with E-state index in [4.69, 9.17) is 15.7 Å². The van der Waals surface area contributed by atoms with Crippen molar-refractivity contribution in [3.05, 3.63) is 47.8 Å². The quantitative estimate of drug-likeness (QED) is 0.915. The zero-order valence-electron chi connectivity index (χ0n) is 9.98. The van der Waals surface area contributed by atoms with E-state index in [0.29, 0.717) is 11.6 Å². The predicted octanol–water partition coefficient (Wildman–Crippen LogP) is 3.35. The van der Waals surface area contributed by atoms with Gasteiger partial charge in [0.05, 0.1) is 23.5 Å². The molecule has 2 aromatic rings.